The molecule has 1 aliphatic heterocycles. The Morgan fingerprint density at radius 3 is 2.49 bits per heavy atom. The zero-order valence-electron chi connectivity index (χ0n) is 18.7. The predicted molar refractivity (Wildman–Crippen MR) is 129 cm³/mol. The van der Waals surface area contributed by atoms with Gasteiger partial charge in [-0.2, -0.15) is 4.98 Å². The lowest BCUT2D eigenvalue weighted by Crippen LogP contribution is -2.46. The summed E-state index contributed by atoms with van der Waals surface area (Å²) in [6, 6.07) is 16.8. The molecule has 0 radical (unpaired) electrons. The van der Waals surface area contributed by atoms with Crippen LogP contribution in [0.15, 0.2) is 77.0 Å². The Morgan fingerprint density at radius 1 is 1.00 bits per heavy atom. The minimum atomic E-state index is -1.06. The molecule has 3 aromatic carbocycles. The number of amides is 2. The van der Waals surface area contributed by atoms with E-state index in [9.17, 15) is 13.6 Å². The molecule has 1 aromatic heterocycles. The topological polar surface area (TPSA) is 71.3 Å². The first-order valence-electron chi connectivity index (χ1n) is 10.7. The van der Waals surface area contributed by atoms with E-state index in [-0.39, 0.29) is 11.6 Å². The first-order valence-corrected chi connectivity index (χ1v) is 11.1. The molecule has 0 aliphatic carbocycles. The van der Waals surface area contributed by atoms with Gasteiger partial charge in [-0.25, -0.2) is 13.6 Å². The Bertz CT molecular complexity index is 1470. The van der Waals surface area contributed by atoms with Gasteiger partial charge in [-0.3, -0.25) is 4.90 Å². The van der Waals surface area contributed by atoms with E-state index in [1.807, 2.05) is 31.2 Å². The van der Waals surface area contributed by atoms with Crippen LogP contribution in [-0.2, 0) is 0 Å². The average molecular weight is 493 g/mol. The minimum absolute atomic E-state index is 0.160. The zero-order chi connectivity index (χ0) is 24.7. The van der Waals surface area contributed by atoms with Crippen LogP contribution < -0.4 is 10.2 Å². The summed E-state index contributed by atoms with van der Waals surface area (Å²) in [6.07, 6.45) is 0. The maximum atomic E-state index is 14.0. The number of aromatic nitrogens is 2. The second-order valence-corrected chi connectivity index (χ2v) is 8.60. The highest BCUT2D eigenvalue weighted by Gasteiger charge is 2.36. The van der Waals surface area contributed by atoms with Crippen LogP contribution in [0.2, 0.25) is 5.02 Å². The van der Waals surface area contributed by atoms with Crippen LogP contribution in [0.3, 0.4) is 0 Å². The summed E-state index contributed by atoms with van der Waals surface area (Å²) < 4.78 is 33.2. The largest absolute Gasteiger partial charge is 0.334 e. The number of hydrogen-bond donors (Lipinski definition) is 1. The lowest BCUT2D eigenvalue weighted by Gasteiger charge is -2.35. The lowest BCUT2D eigenvalue weighted by atomic mass is 9.94. The molecular formula is C26H19ClF2N4O2. The Kier molecular flexibility index (Phi) is 5.82. The highest BCUT2D eigenvalue weighted by atomic mass is 35.5. The molecule has 4 aromatic rings. The van der Waals surface area contributed by atoms with E-state index in [0.717, 1.165) is 23.3 Å². The average Bonchev–Trinajstić information content (AvgIpc) is 3.31. The van der Waals surface area contributed by atoms with Gasteiger partial charge in [0.05, 0.1) is 17.3 Å². The molecule has 0 saturated heterocycles. The third-order valence-electron chi connectivity index (χ3n) is 5.80. The van der Waals surface area contributed by atoms with E-state index in [0.29, 0.717) is 27.7 Å². The number of urea groups is 1. The van der Waals surface area contributed by atoms with Gasteiger partial charge in [0.2, 0.25) is 5.82 Å². The molecule has 1 N–H and O–H groups in total. The standard InChI is InChI=1S/C26H19ClF2N4O2/c1-14-6-8-16(9-7-14)23-22(25-31-24(32-35-25)17-4-3-5-18(27)12-17)15(2)33(26(34)30-23)19-10-11-20(28)21(29)13-19/h3-13,23H,1-2H3,(H,30,34). The molecule has 0 saturated carbocycles. The van der Waals surface area contributed by atoms with Crippen molar-refractivity contribution in [2.45, 2.75) is 19.9 Å². The molecule has 0 spiro atoms. The molecule has 176 valence electrons. The van der Waals surface area contributed by atoms with Crippen molar-refractivity contribution in [3.8, 4) is 11.4 Å². The molecule has 2 heterocycles. The van der Waals surface area contributed by atoms with Crippen molar-refractivity contribution in [2.75, 3.05) is 4.90 Å². The summed E-state index contributed by atoms with van der Waals surface area (Å²) >= 11 is 6.11. The third-order valence-corrected chi connectivity index (χ3v) is 6.03. The number of nitrogens with zero attached hydrogens (tertiary/aromatic N) is 3. The Morgan fingerprint density at radius 2 is 1.77 bits per heavy atom. The third kappa shape index (κ3) is 4.28. The number of anilines is 1. The summed E-state index contributed by atoms with van der Waals surface area (Å²) in [5.74, 6) is -1.57. The van der Waals surface area contributed by atoms with Crippen molar-refractivity contribution in [2.24, 2.45) is 0 Å². The Hall–Kier alpha value is -4.04. The minimum Gasteiger partial charge on any atom is -0.334 e. The maximum absolute atomic E-state index is 14.0. The van der Waals surface area contributed by atoms with E-state index in [4.69, 9.17) is 16.1 Å². The van der Waals surface area contributed by atoms with E-state index in [1.165, 1.54) is 11.0 Å². The lowest BCUT2D eigenvalue weighted by molar-refractivity contribution is 0.244. The summed E-state index contributed by atoms with van der Waals surface area (Å²) in [6.45, 7) is 3.66. The number of carbonyl (C=O) groups excluding carboxylic acids is 1. The second kappa shape index (κ2) is 8.96. The number of aryl methyl sites for hydroxylation is 1. The molecular weight excluding hydrogens is 474 g/mol. The highest BCUT2D eigenvalue weighted by Crippen LogP contribution is 2.39. The molecule has 35 heavy (non-hydrogen) atoms. The molecule has 0 bridgehead atoms. The SMILES string of the molecule is CC1=C(c2nc(-c3cccc(Cl)c3)no2)C(c2ccc(C)cc2)NC(=O)N1c1ccc(F)c(F)c1. The van der Waals surface area contributed by atoms with Gasteiger partial charge < -0.3 is 9.84 Å². The zero-order valence-corrected chi connectivity index (χ0v) is 19.5. The van der Waals surface area contributed by atoms with Crippen LogP contribution in [0.5, 0.6) is 0 Å². The molecule has 2 amide bonds. The van der Waals surface area contributed by atoms with Gasteiger partial charge in [0.15, 0.2) is 11.6 Å². The van der Waals surface area contributed by atoms with Gasteiger partial charge in [0.25, 0.3) is 5.89 Å². The number of nitrogens with one attached hydrogen (secondary N) is 1. The molecule has 1 aliphatic rings. The van der Waals surface area contributed by atoms with Crippen molar-refractivity contribution in [3.05, 3.63) is 106 Å². The van der Waals surface area contributed by atoms with Gasteiger partial charge in [-0.1, -0.05) is 58.7 Å². The van der Waals surface area contributed by atoms with Gasteiger partial charge in [-0.15, -0.1) is 0 Å². The number of allylic oxidation sites excluding steroid dienone is 1. The summed E-state index contributed by atoms with van der Waals surface area (Å²) in [5.41, 5.74) is 3.64. The monoisotopic (exact) mass is 492 g/mol. The molecule has 1 unspecified atom stereocenters. The quantitative estimate of drug-likeness (QED) is 0.345. The van der Waals surface area contributed by atoms with Crippen LogP contribution in [0.4, 0.5) is 19.3 Å². The van der Waals surface area contributed by atoms with Gasteiger partial charge in [0.1, 0.15) is 0 Å². The van der Waals surface area contributed by atoms with E-state index in [1.54, 1.807) is 31.2 Å². The number of rotatable bonds is 4. The fraction of sp³-hybridized carbons (Fsp3) is 0.115. The molecule has 0 fully saturated rings. The van der Waals surface area contributed by atoms with Gasteiger partial charge >= 0.3 is 6.03 Å². The number of carbonyl (C=O) groups is 1. The summed E-state index contributed by atoms with van der Waals surface area (Å²) in [4.78, 5) is 19.0. The Balaban J connectivity index is 1.66. The smallest absolute Gasteiger partial charge is 0.327 e. The molecule has 9 heteroatoms. The normalized spacial score (nSPS) is 16.0. The molecule has 1 atom stereocenters. The van der Waals surface area contributed by atoms with Crippen LogP contribution in [0.1, 0.15) is 30.0 Å². The Labute approximate surface area is 204 Å². The van der Waals surface area contributed by atoms with Crippen molar-refractivity contribution in [1.29, 1.82) is 0 Å². The fourth-order valence-corrected chi connectivity index (χ4v) is 4.23. The van der Waals surface area contributed by atoms with Crippen LogP contribution in [0.25, 0.3) is 17.0 Å². The maximum Gasteiger partial charge on any atom is 0.327 e. The van der Waals surface area contributed by atoms with E-state index >= 15 is 0 Å². The summed E-state index contributed by atoms with van der Waals surface area (Å²) in [7, 11) is 0. The highest BCUT2D eigenvalue weighted by molar-refractivity contribution is 6.30. The van der Waals surface area contributed by atoms with Crippen LogP contribution in [-0.4, -0.2) is 16.2 Å². The van der Waals surface area contributed by atoms with E-state index in [2.05, 4.69) is 15.5 Å². The number of halogens is 3. The van der Waals surface area contributed by atoms with Crippen molar-refractivity contribution >= 4 is 28.9 Å². The van der Waals surface area contributed by atoms with Crippen molar-refractivity contribution in [1.82, 2.24) is 15.5 Å². The van der Waals surface area contributed by atoms with Gasteiger partial charge in [-0.05, 0) is 43.7 Å². The fourth-order valence-electron chi connectivity index (χ4n) is 4.04. The number of benzene rings is 3. The summed E-state index contributed by atoms with van der Waals surface area (Å²) in [5, 5.41) is 7.56. The predicted octanol–water partition coefficient (Wildman–Crippen LogP) is 6.68. The first-order chi connectivity index (χ1) is 16.8. The van der Waals surface area contributed by atoms with Gasteiger partial charge in [0, 0.05) is 22.3 Å². The number of hydrogen-bond acceptors (Lipinski definition) is 4. The second-order valence-electron chi connectivity index (χ2n) is 8.16. The first kappa shape index (κ1) is 22.7. The van der Waals surface area contributed by atoms with Crippen molar-refractivity contribution in [3.63, 3.8) is 0 Å². The van der Waals surface area contributed by atoms with Crippen molar-refractivity contribution < 1.29 is 18.1 Å². The van der Waals surface area contributed by atoms with E-state index < -0.39 is 23.7 Å². The molecule has 6 nitrogen and oxygen atoms in total. The molecule has 5 rings (SSSR count). The van der Waals surface area contributed by atoms with Crippen LogP contribution >= 0.6 is 11.6 Å². The van der Waals surface area contributed by atoms with Crippen LogP contribution in [0, 0.1) is 18.6 Å².